The lowest BCUT2D eigenvalue weighted by atomic mass is 9.73. The van der Waals surface area contributed by atoms with Gasteiger partial charge in [0.2, 0.25) is 5.91 Å². The zero-order valence-corrected chi connectivity index (χ0v) is 20.7. The molecule has 1 aliphatic carbocycles. The number of carbonyl (C=O) groups is 2. The number of rotatable bonds is 5. The van der Waals surface area contributed by atoms with Gasteiger partial charge in [0.15, 0.2) is 0 Å². The molecule has 2 saturated heterocycles. The van der Waals surface area contributed by atoms with Crippen LogP contribution in [-0.4, -0.2) is 65.7 Å². The van der Waals surface area contributed by atoms with Crippen molar-refractivity contribution >= 4 is 17.6 Å². The summed E-state index contributed by atoms with van der Waals surface area (Å²) in [5, 5.41) is 12.9. The summed E-state index contributed by atoms with van der Waals surface area (Å²) in [4.78, 5) is 29.2. The Kier molecular flexibility index (Phi) is 7.15. The van der Waals surface area contributed by atoms with E-state index in [1.54, 1.807) is 41.2 Å². The SMILES string of the molecule is COc1cccc(NC(=O)N2CC(=O)N3[C@@H](CO)[C@@H](c4ccc(C#CCC5CCCC5)cc4)[C@@H]3C2)c1. The Balaban J connectivity index is 1.26. The van der Waals surface area contributed by atoms with Gasteiger partial charge in [-0.3, -0.25) is 4.79 Å². The zero-order valence-electron chi connectivity index (χ0n) is 20.7. The van der Waals surface area contributed by atoms with Crippen molar-refractivity contribution in [3.63, 3.8) is 0 Å². The van der Waals surface area contributed by atoms with Crippen LogP contribution in [0.2, 0.25) is 0 Å². The number of nitrogens with one attached hydrogen (secondary N) is 1. The summed E-state index contributed by atoms with van der Waals surface area (Å²) in [5.41, 5.74) is 2.64. The molecule has 0 radical (unpaired) electrons. The normalized spacial score (nSPS) is 23.4. The fraction of sp³-hybridized carbons (Fsp3) is 0.448. The van der Waals surface area contributed by atoms with Crippen LogP contribution in [0, 0.1) is 17.8 Å². The van der Waals surface area contributed by atoms with Crippen LogP contribution in [0.25, 0.3) is 0 Å². The van der Waals surface area contributed by atoms with Gasteiger partial charge in [0, 0.05) is 36.2 Å². The second-order valence-electron chi connectivity index (χ2n) is 9.97. The van der Waals surface area contributed by atoms with E-state index in [0.717, 1.165) is 23.5 Å². The van der Waals surface area contributed by atoms with Crippen molar-refractivity contribution in [1.82, 2.24) is 9.80 Å². The molecule has 3 atom stereocenters. The number of methoxy groups -OCH3 is 1. The average molecular weight is 488 g/mol. The van der Waals surface area contributed by atoms with E-state index in [-0.39, 0.29) is 43.1 Å². The minimum Gasteiger partial charge on any atom is -0.497 e. The highest BCUT2D eigenvalue weighted by Gasteiger charge is 2.54. The van der Waals surface area contributed by atoms with Crippen LogP contribution in [0.5, 0.6) is 5.75 Å². The molecule has 5 rings (SSSR count). The molecule has 7 nitrogen and oxygen atoms in total. The molecule has 2 N–H and O–H groups in total. The van der Waals surface area contributed by atoms with E-state index in [1.165, 1.54) is 25.7 Å². The molecule has 0 bridgehead atoms. The third kappa shape index (κ3) is 4.91. The summed E-state index contributed by atoms with van der Waals surface area (Å²) in [6.07, 6.45) is 6.21. The highest BCUT2D eigenvalue weighted by atomic mass is 16.5. The summed E-state index contributed by atoms with van der Waals surface area (Å²) in [6.45, 7) is 0.294. The Labute approximate surface area is 212 Å². The van der Waals surface area contributed by atoms with Crippen LogP contribution >= 0.6 is 0 Å². The minimum atomic E-state index is -0.324. The average Bonchev–Trinajstić information content (AvgIpc) is 3.40. The number of hydrogen-bond donors (Lipinski definition) is 2. The first-order valence-corrected chi connectivity index (χ1v) is 12.8. The highest BCUT2D eigenvalue weighted by molar-refractivity contribution is 5.94. The molecule has 3 aliphatic rings. The summed E-state index contributed by atoms with van der Waals surface area (Å²) < 4.78 is 5.22. The third-order valence-corrected chi connectivity index (χ3v) is 7.75. The number of urea groups is 1. The molecule has 36 heavy (non-hydrogen) atoms. The maximum atomic E-state index is 13.0. The topological polar surface area (TPSA) is 82.1 Å². The molecule has 2 aliphatic heterocycles. The fourth-order valence-corrected chi connectivity index (χ4v) is 5.86. The largest absolute Gasteiger partial charge is 0.497 e. The Morgan fingerprint density at radius 1 is 1.17 bits per heavy atom. The van der Waals surface area contributed by atoms with Gasteiger partial charge in [0.05, 0.1) is 25.8 Å². The third-order valence-electron chi connectivity index (χ3n) is 7.75. The zero-order chi connectivity index (χ0) is 25.1. The molecule has 0 unspecified atom stereocenters. The molecule has 2 aromatic carbocycles. The Hall–Kier alpha value is -3.50. The summed E-state index contributed by atoms with van der Waals surface area (Å²) in [6, 6.07) is 14.5. The number of benzene rings is 2. The van der Waals surface area contributed by atoms with Gasteiger partial charge in [-0.25, -0.2) is 4.79 Å². The number of anilines is 1. The van der Waals surface area contributed by atoms with Gasteiger partial charge in [0.1, 0.15) is 12.3 Å². The molecular formula is C29H33N3O4. The Bertz CT molecular complexity index is 1160. The Morgan fingerprint density at radius 3 is 2.67 bits per heavy atom. The predicted molar refractivity (Wildman–Crippen MR) is 138 cm³/mol. The van der Waals surface area contributed by atoms with Crippen LogP contribution in [0.15, 0.2) is 48.5 Å². The number of nitrogens with zero attached hydrogens (tertiary/aromatic N) is 2. The molecule has 0 aromatic heterocycles. The number of ether oxygens (including phenoxy) is 1. The first-order valence-electron chi connectivity index (χ1n) is 12.8. The number of aliphatic hydroxyl groups is 1. The Morgan fingerprint density at radius 2 is 1.94 bits per heavy atom. The molecular weight excluding hydrogens is 454 g/mol. The van der Waals surface area contributed by atoms with E-state index in [2.05, 4.69) is 17.2 Å². The first-order chi connectivity index (χ1) is 17.6. The van der Waals surface area contributed by atoms with E-state index >= 15 is 0 Å². The van der Waals surface area contributed by atoms with Gasteiger partial charge in [-0.2, -0.15) is 0 Å². The van der Waals surface area contributed by atoms with Gasteiger partial charge in [-0.05, 0) is 48.6 Å². The number of piperazine rings is 1. The van der Waals surface area contributed by atoms with E-state index in [1.807, 2.05) is 24.3 Å². The van der Waals surface area contributed by atoms with Crippen molar-refractivity contribution in [1.29, 1.82) is 0 Å². The van der Waals surface area contributed by atoms with Crippen molar-refractivity contribution in [3.05, 3.63) is 59.7 Å². The maximum absolute atomic E-state index is 13.0. The lowest BCUT2D eigenvalue weighted by Gasteiger charge is -2.58. The first kappa shape index (κ1) is 24.2. The van der Waals surface area contributed by atoms with Crippen molar-refractivity contribution < 1.29 is 19.4 Å². The van der Waals surface area contributed by atoms with E-state index in [0.29, 0.717) is 18.0 Å². The second-order valence-corrected chi connectivity index (χ2v) is 9.97. The molecule has 1 saturated carbocycles. The quantitative estimate of drug-likeness (QED) is 0.628. The van der Waals surface area contributed by atoms with Gasteiger partial charge in [-0.15, -0.1) is 0 Å². The molecule has 3 amide bonds. The fourth-order valence-electron chi connectivity index (χ4n) is 5.86. The van der Waals surface area contributed by atoms with Gasteiger partial charge >= 0.3 is 6.03 Å². The van der Waals surface area contributed by atoms with Gasteiger partial charge in [0.25, 0.3) is 0 Å². The van der Waals surface area contributed by atoms with E-state index in [9.17, 15) is 14.7 Å². The van der Waals surface area contributed by atoms with Crippen molar-refractivity contribution in [2.24, 2.45) is 5.92 Å². The molecule has 7 heteroatoms. The van der Waals surface area contributed by atoms with Crippen LogP contribution in [-0.2, 0) is 4.79 Å². The molecule has 2 heterocycles. The predicted octanol–water partition coefficient (Wildman–Crippen LogP) is 3.83. The van der Waals surface area contributed by atoms with Gasteiger partial charge in [-0.1, -0.05) is 42.9 Å². The van der Waals surface area contributed by atoms with Crippen LogP contribution in [0.1, 0.15) is 49.1 Å². The van der Waals surface area contributed by atoms with Crippen molar-refractivity contribution in [2.75, 3.05) is 32.1 Å². The standard InChI is InChI=1S/C29H33N3O4/c1-36-24-11-5-10-23(16-24)30-29(35)31-17-25-28(26(19-33)32(25)27(34)18-31)22-14-12-21(13-15-22)9-4-8-20-6-2-3-7-20/h5,10-16,20,25-26,28,33H,2-3,6-8,17-19H2,1H3,(H,30,35)/t25-,26-,28-/m0/s1. The van der Waals surface area contributed by atoms with Crippen LogP contribution < -0.4 is 10.1 Å². The number of aliphatic hydroxyl groups excluding tert-OH is 1. The number of fused-ring (bicyclic) bond motifs is 1. The monoisotopic (exact) mass is 487 g/mol. The van der Waals surface area contributed by atoms with E-state index < -0.39 is 0 Å². The van der Waals surface area contributed by atoms with Crippen molar-refractivity contribution in [2.45, 2.75) is 50.1 Å². The van der Waals surface area contributed by atoms with Crippen molar-refractivity contribution in [3.8, 4) is 17.6 Å². The summed E-state index contributed by atoms with van der Waals surface area (Å²) in [7, 11) is 1.57. The lowest BCUT2D eigenvalue weighted by Crippen LogP contribution is -2.73. The second kappa shape index (κ2) is 10.6. The lowest BCUT2D eigenvalue weighted by molar-refractivity contribution is -0.159. The number of amides is 3. The summed E-state index contributed by atoms with van der Waals surface area (Å²) >= 11 is 0. The smallest absolute Gasteiger partial charge is 0.322 e. The molecule has 3 fully saturated rings. The number of hydrogen-bond acceptors (Lipinski definition) is 4. The minimum absolute atomic E-state index is 0.00889. The maximum Gasteiger partial charge on any atom is 0.322 e. The summed E-state index contributed by atoms with van der Waals surface area (Å²) in [5.74, 6) is 7.83. The van der Waals surface area contributed by atoms with Crippen LogP contribution in [0.4, 0.5) is 10.5 Å². The number of carbonyl (C=O) groups excluding carboxylic acids is 2. The molecule has 2 aromatic rings. The van der Waals surface area contributed by atoms with Gasteiger partial charge < -0.3 is 25.0 Å². The van der Waals surface area contributed by atoms with Crippen LogP contribution in [0.3, 0.4) is 0 Å². The highest BCUT2D eigenvalue weighted by Crippen LogP contribution is 2.43. The molecule has 188 valence electrons. The molecule has 0 spiro atoms. The van der Waals surface area contributed by atoms with E-state index in [4.69, 9.17) is 4.74 Å².